The summed E-state index contributed by atoms with van der Waals surface area (Å²) in [7, 11) is 0.766. The van der Waals surface area contributed by atoms with Crippen LogP contribution in [0, 0.1) is 0 Å². The number of anilines is 1. The second-order valence-electron chi connectivity index (χ2n) is 5.98. The first-order valence-corrected chi connectivity index (χ1v) is 8.80. The second-order valence-corrected chi connectivity index (χ2v) is 7.92. The van der Waals surface area contributed by atoms with Crippen molar-refractivity contribution in [2.24, 2.45) is 0 Å². The molecule has 3 heterocycles. The van der Waals surface area contributed by atoms with Crippen molar-refractivity contribution in [1.29, 1.82) is 0 Å². The Morgan fingerprint density at radius 1 is 1.24 bits per heavy atom. The summed E-state index contributed by atoms with van der Waals surface area (Å²) in [5.41, 5.74) is 0. The Morgan fingerprint density at radius 2 is 1.90 bits per heavy atom. The van der Waals surface area contributed by atoms with Gasteiger partial charge in [-0.15, -0.1) is 0 Å². The summed E-state index contributed by atoms with van der Waals surface area (Å²) in [6, 6.07) is 3.82. The van der Waals surface area contributed by atoms with Crippen LogP contribution in [0.15, 0.2) is 23.2 Å². The van der Waals surface area contributed by atoms with Crippen LogP contribution in [-0.4, -0.2) is 68.9 Å². The maximum Gasteiger partial charge on any atom is 0.243 e. The largest absolute Gasteiger partial charge is 0.353 e. The highest BCUT2D eigenvalue weighted by Gasteiger charge is 2.31. The van der Waals surface area contributed by atoms with Crippen LogP contribution in [0.4, 0.5) is 5.82 Å². The lowest BCUT2D eigenvalue weighted by atomic mass is 10.1. The van der Waals surface area contributed by atoms with E-state index in [1.165, 1.54) is 0 Å². The van der Waals surface area contributed by atoms with Gasteiger partial charge in [-0.1, -0.05) is 0 Å². The average molecular weight is 310 g/mol. The van der Waals surface area contributed by atoms with Crippen molar-refractivity contribution in [3.05, 3.63) is 18.3 Å². The molecule has 2 saturated heterocycles. The molecular formula is C14H22N4O2S. The van der Waals surface area contributed by atoms with Gasteiger partial charge in [0.1, 0.15) is 5.82 Å². The molecule has 3 rings (SSSR count). The number of likely N-dealkylation sites (N-methyl/N-ethyl adjacent to an activating group) is 1. The molecule has 2 fully saturated rings. The Labute approximate surface area is 126 Å². The van der Waals surface area contributed by atoms with E-state index < -0.39 is 10.0 Å². The minimum atomic E-state index is -3.35. The van der Waals surface area contributed by atoms with E-state index in [1.54, 1.807) is 22.6 Å². The van der Waals surface area contributed by atoms with Crippen LogP contribution in [0.5, 0.6) is 0 Å². The minimum Gasteiger partial charge on any atom is -0.353 e. The predicted molar refractivity (Wildman–Crippen MR) is 81.9 cm³/mol. The zero-order valence-corrected chi connectivity index (χ0v) is 13.4. The molecule has 0 spiro atoms. The molecule has 0 radical (unpaired) electrons. The fourth-order valence-electron chi connectivity index (χ4n) is 2.78. The maximum atomic E-state index is 12.6. The van der Waals surface area contributed by atoms with E-state index in [1.807, 2.05) is 0 Å². The summed E-state index contributed by atoms with van der Waals surface area (Å²) in [6.07, 6.45) is 3.50. The van der Waals surface area contributed by atoms with Gasteiger partial charge >= 0.3 is 0 Å². The molecule has 0 bridgehead atoms. The highest BCUT2D eigenvalue weighted by molar-refractivity contribution is 7.89. The fourth-order valence-corrected chi connectivity index (χ4v) is 4.30. The van der Waals surface area contributed by atoms with E-state index in [4.69, 9.17) is 0 Å². The SMILES string of the molecule is CN(C)C1CN(c2cc(S(=O)(=O)N3CCCC3)ccn2)C1. The Hall–Kier alpha value is -1.18. The topological polar surface area (TPSA) is 56.8 Å². The highest BCUT2D eigenvalue weighted by atomic mass is 32.2. The third kappa shape index (κ3) is 2.77. The molecule has 0 saturated carbocycles. The fraction of sp³-hybridized carbons (Fsp3) is 0.643. The van der Waals surface area contributed by atoms with Crippen molar-refractivity contribution in [3.63, 3.8) is 0 Å². The van der Waals surface area contributed by atoms with Crippen molar-refractivity contribution in [2.75, 3.05) is 45.2 Å². The summed E-state index contributed by atoms with van der Waals surface area (Å²) in [5.74, 6) is 0.758. The predicted octanol–water partition coefficient (Wildman–Crippen LogP) is 0.616. The third-order valence-electron chi connectivity index (χ3n) is 4.34. The van der Waals surface area contributed by atoms with Crippen LogP contribution in [0.3, 0.4) is 0 Å². The molecule has 1 aromatic heterocycles. The van der Waals surface area contributed by atoms with Gasteiger partial charge in [0, 0.05) is 44.5 Å². The molecular weight excluding hydrogens is 288 g/mol. The molecule has 0 aromatic carbocycles. The molecule has 0 aliphatic carbocycles. The summed E-state index contributed by atoms with van der Waals surface area (Å²) < 4.78 is 26.7. The summed E-state index contributed by atoms with van der Waals surface area (Å²) >= 11 is 0. The molecule has 2 aliphatic rings. The zero-order chi connectivity index (χ0) is 15.0. The number of sulfonamides is 1. The van der Waals surface area contributed by atoms with E-state index in [0.29, 0.717) is 24.0 Å². The first-order valence-electron chi connectivity index (χ1n) is 7.36. The number of pyridine rings is 1. The Bertz CT molecular complexity index is 605. The number of aromatic nitrogens is 1. The van der Waals surface area contributed by atoms with Gasteiger partial charge in [-0.05, 0) is 33.0 Å². The Balaban J connectivity index is 1.78. The summed E-state index contributed by atoms with van der Waals surface area (Å²) in [5, 5.41) is 0. The highest BCUT2D eigenvalue weighted by Crippen LogP contribution is 2.26. The van der Waals surface area contributed by atoms with Crippen molar-refractivity contribution < 1.29 is 8.42 Å². The summed E-state index contributed by atoms with van der Waals surface area (Å²) in [6.45, 7) is 3.05. The molecule has 116 valence electrons. The van der Waals surface area contributed by atoms with E-state index in [2.05, 4.69) is 28.9 Å². The maximum absolute atomic E-state index is 12.6. The summed E-state index contributed by atoms with van der Waals surface area (Å²) in [4.78, 5) is 8.98. The van der Waals surface area contributed by atoms with E-state index in [0.717, 1.165) is 31.7 Å². The van der Waals surface area contributed by atoms with E-state index in [9.17, 15) is 8.42 Å². The lowest BCUT2D eigenvalue weighted by Crippen LogP contribution is -2.57. The molecule has 0 unspecified atom stereocenters. The molecule has 21 heavy (non-hydrogen) atoms. The van der Waals surface area contributed by atoms with Crippen molar-refractivity contribution in [3.8, 4) is 0 Å². The molecule has 0 amide bonds. The van der Waals surface area contributed by atoms with Crippen LogP contribution >= 0.6 is 0 Å². The van der Waals surface area contributed by atoms with Crippen LogP contribution in [-0.2, 0) is 10.0 Å². The number of hydrogen-bond donors (Lipinski definition) is 0. The zero-order valence-electron chi connectivity index (χ0n) is 12.6. The molecule has 0 N–H and O–H groups in total. The molecule has 7 heteroatoms. The van der Waals surface area contributed by atoms with Gasteiger partial charge in [-0.25, -0.2) is 13.4 Å². The first-order chi connectivity index (χ1) is 9.98. The number of hydrogen-bond acceptors (Lipinski definition) is 5. The second kappa shape index (κ2) is 5.55. The minimum absolute atomic E-state index is 0.364. The third-order valence-corrected chi connectivity index (χ3v) is 6.23. The van der Waals surface area contributed by atoms with Crippen molar-refractivity contribution in [2.45, 2.75) is 23.8 Å². The monoisotopic (exact) mass is 310 g/mol. The lowest BCUT2D eigenvalue weighted by molar-refractivity contribution is 0.246. The lowest BCUT2D eigenvalue weighted by Gasteiger charge is -2.43. The first kappa shape index (κ1) is 14.7. The quantitative estimate of drug-likeness (QED) is 0.816. The standard InChI is InChI=1S/C14H22N4O2S/c1-16(2)12-10-17(11-12)14-9-13(5-6-15-14)21(19,20)18-7-3-4-8-18/h5-6,9,12H,3-4,7-8,10-11H2,1-2H3. The number of nitrogens with zero attached hydrogens (tertiary/aromatic N) is 4. The van der Waals surface area contributed by atoms with E-state index >= 15 is 0 Å². The molecule has 1 aromatic rings. The van der Waals surface area contributed by atoms with Crippen LogP contribution in [0.25, 0.3) is 0 Å². The Kier molecular flexibility index (Phi) is 3.90. The average Bonchev–Trinajstić information content (AvgIpc) is 2.91. The smallest absolute Gasteiger partial charge is 0.243 e. The van der Waals surface area contributed by atoms with Gasteiger partial charge in [0.2, 0.25) is 10.0 Å². The van der Waals surface area contributed by atoms with Crippen LogP contribution < -0.4 is 4.90 Å². The van der Waals surface area contributed by atoms with Crippen molar-refractivity contribution in [1.82, 2.24) is 14.2 Å². The van der Waals surface area contributed by atoms with Crippen molar-refractivity contribution >= 4 is 15.8 Å². The van der Waals surface area contributed by atoms with Gasteiger partial charge in [0.25, 0.3) is 0 Å². The molecule has 0 atom stereocenters. The normalized spacial score (nSPS) is 21.0. The van der Waals surface area contributed by atoms with Gasteiger partial charge in [-0.2, -0.15) is 4.31 Å². The van der Waals surface area contributed by atoms with Gasteiger partial charge in [0.15, 0.2) is 0 Å². The van der Waals surface area contributed by atoms with Crippen LogP contribution in [0.2, 0.25) is 0 Å². The molecule has 2 aliphatic heterocycles. The van der Waals surface area contributed by atoms with Gasteiger partial charge in [0.05, 0.1) is 4.90 Å². The van der Waals surface area contributed by atoms with Gasteiger partial charge < -0.3 is 9.80 Å². The Morgan fingerprint density at radius 3 is 2.52 bits per heavy atom. The van der Waals surface area contributed by atoms with E-state index in [-0.39, 0.29) is 0 Å². The number of rotatable bonds is 4. The van der Waals surface area contributed by atoms with Gasteiger partial charge in [-0.3, -0.25) is 0 Å². The van der Waals surface area contributed by atoms with Crippen LogP contribution in [0.1, 0.15) is 12.8 Å². The molecule has 6 nitrogen and oxygen atoms in total.